The molecule has 34 heavy (non-hydrogen) atoms. The summed E-state index contributed by atoms with van der Waals surface area (Å²) < 4.78 is 1.82. The van der Waals surface area contributed by atoms with Crippen molar-refractivity contribution in [2.75, 3.05) is 23.7 Å². The predicted octanol–water partition coefficient (Wildman–Crippen LogP) is 4.39. The predicted molar refractivity (Wildman–Crippen MR) is 136 cm³/mol. The maximum absolute atomic E-state index is 14.0. The van der Waals surface area contributed by atoms with Crippen LogP contribution in [-0.4, -0.2) is 37.9 Å². The molecule has 0 bridgehead atoms. The summed E-state index contributed by atoms with van der Waals surface area (Å²) in [6, 6.07) is 13.1. The molecule has 3 aromatic heterocycles. The van der Waals surface area contributed by atoms with Gasteiger partial charge in [0.2, 0.25) is 0 Å². The molecule has 0 radical (unpaired) electrons. The van der Waals surface area contributed by atoms with E-state index in [1.165, 1.54) is 19.3 Å². The van der Waals surface area contributed by atoms with Crippen LogP contribution < -0.4 is 16.2 Å². The van der Waals surface area contributed by atoms with E-state index < -0.39 is 0 Å². The van der Waals surface area contributed by atoms with Crippen LogP contribution in [0.15, 0.2) is 47.3 Å². The monoisotopic (exact) mass is 454 g/mol. The van der Waals surface area contributed by atoms with Gasteiger partial charge in [-0.15, -0.1) is 0 Å². The molecule has 0 saturated carbocycles. The molecule has 6 rings (SSSR count). The van der Waals surface area contributed by atoms with E-state index in [9.17, 15) is 9.90 Å². The highest BCUT2D eigenvalue weighted by molar-refractivity contribution is 6.23. The van der Waals surface area contributed by atoms with Crippen LogP contribution >= 0.6 is 0 Å². The van der Waals surface area contributed by atoms with Gasteiger partial charge >= 0.3 is 0 Å². The molecular weight excluding hydrogens is 428 g/mol. The van der Waals surface area contributed by atoms with Crippen molar-refractivity contribution in [2.24, 2.45) is 0 Å². The number of aromatic nitrogens is 4. The summed E-state index contributed by atoms with van der Waals surface area (Å²) in [5.41, 5.74) is 9.93. The van der Waals surface area contributed by atoms with Crippen LogP contribution in [-0.2, 0) is 6.54 Å². The Balaban J connectivity index is 1.76. The molecule has 1 saturated heterocycles. The quantitative estimate of drug-likeness (QED) is 0.349. The standard InChI is InChI=1S/C26H26N6O2/c1-2-32-19-14-16(31-12-4-3-5-13-31)8-11-18(19)20-21(26(32)34)23(15-6-9-17(33)10-7-15)28-25-22(20)24(27)29-30-25/h6-11,14,33H,2-5,12-13H2,1H3,(H3,27,28,29,30). The smallest absolute Gasteiger partial charge is 0.261 e. The van der Waals surface area contributed by atoms with Crippen LogP contribution in [0.3, 0.4) is 0 Å². The van der Waals surface area contributed by atoms with Crippen LogP contribution in [0.4, 0.5) is 11.5 Å². The number of phenolic OH excluding ortho intramolecular Hbond substituents is 1. The van der Waals surface area contributed by atoms with E-state index >= 15 is 0 Å². The largest absolute Gasteiger partial charge is 0.508 e. The molecule has 0 amide bonds. The van der Waals surface area contributed by atoms with Crippen molar-refractivity contribution in [3.8, 4) is 17.0 Å². The van der Waals surface area contributed by atoms with E-state index in [0.29, 0.717) is 34.5 Å². The molecule has 4 N–H and O–H groups in total. The maximum atomic E-state index is 14.0. The number of nitrogen functional groups attached to an aromatic ring is 1. The minimum absolute atomic E-state index is 0.112. The van der Waals surface area contributed by atoms with E-state index in [2.05, 4.69) is 33.3 Å². The molecule has 8 heteroatoms. The summed E-state index contributed by atoms with van der Waals surface area (Å²) in [5, 5.41) is 19.8. The minimum atomic E-state index is -0.112. The number of aromatic amines is 1. The number of nitrogens with two attached hydrogens (primary N) is 1. The van der Waals surface area contributed by atoms with E-state index in [1.54, 1.807) is 24.3 Å². The Kier molecular flexibility index (Phi) is 4.69. The van der Waals surface area contributed by atoms with Crippen LogP contribution in [0.25, 0.3) is 44.0 Å². The van der Waals surface area contributed by atoms with Gasteiger partial charge in [0, 0.05) is 41.7 Å². The Morgan fingerprint density at radius 3 is 2.53 bits per heavy atom. The van der Waals surface area contributed by atoms with E-state index in [0.717, 1.165) is 40.6 Å². The van der Waals surface area contributed by atoms with Crippen molar-refractivity contribution in [3.63, 3.8) is 0 Å². The lowest BCUT2D eigenvalue weighted by atomic mass is 9.98. The van der Waals surface area contributed by atoms with Gasteiger partial charge in [-0.2, -0.15) is 5.10 Å². The number of phenols is 1. The van der Waals surface area contributed by atoms with Crippen molar-refractivity contribution in [2.45, 2.75) is 32.7 Å². The second-order valence-corrected chi connectivity index (χ2v) is 8.89. The van der Waals surface area contributed by atoms with Crippen LogP contribution in [0.1, 0.15) is 26.2 Å². The zero-order valence-electron chi connectivity index (χ0n) is 19.0. The first-order chi connectivity index (χ1) is 16.6. The second kappa shape index (κ2) is 7.76. The maximum Gasteiger partial charge on any atom is 0.261 e. The van der Waals surface area contributed by atoms with Crippen molar-refractivity contribution >= 4 is 44.2 Å². The number of rotatable bonds is 3. The first kappa shape index (κ1) is 20.5. The number of nitrogens with one attached hydrogen (secondary N) is 1. The molecule has 1 fully saturated rings. The molecular formula is C26H26N6O2. The SMILES string of the molecule is CCn1c(=O)c2c(-c3ccc(O)cc3)nc3n[nH]c(N)c3c2c2ccc(N3CCCCC3)cc21. The van der Waals surface area contributed by atoms with Crippen LogP contribution in [0, 0.1) is 0 Å². The number of piperidine rings is 1. The average molecular weight is 455 g/mol. The number of nitrogens with zero attached hydrogens (tertiary/aromatic N) is 4. The fraction of sp³-hybridized carbons (Fsp3) is 0.269. The van der Waals surface area contributed by atoms with Gasteiger partial charge in [-0.05, 0) is 62.6 Å². The zero-order valence-corrected chi connectivity index (χ0v) is 19.0. The van der Waals surface area contributed by atoms with Gasteiger partial charge in [-0.1, -0.05) is 6.07 Å². The highest BCUT2D eigenvalue weighted by atomic mass is 16.3. The van der Waals surface area contributed by atoms with Gasteiger partial charge in [0.15, 0.2) is 5.65 Å². The molecule has 0 spiro atoms. The van der Waals surface area contributed by atoms with Crippen LogP contribution in [0.5, 0.6) is 5.75 Å². The van der Waals surface area contributed by atoms with Crippen molar-refractivity contribution < 1.29 is 5.11 Å². The molecule has 5 aromatic rings. The normalized spacial score (nSPS) is 14.4. The Hall–Kier alpha value is -4.07. The van der Waals surface area contributed by atoms with Gasteiger partial charge in [0.05, 0.1) is 22.0 Å². The minimum Gasteiger partial charge on any atom is -0.508 e. The number of aryl methyl sites for hydroxylation is 1. The third-order valence-corrected chi connectivity index (χ3v) is 6.91. The van der Waals surface area contributed by atoms with Crippen molar-refractivity contribution in [1.29, 1.82) is 0 Å². The molecule has 0 aliphatic carbocycles. The van der Waals surface area contributed by atoms with Crippen LogP contribution in [0.2, 0.25) is 0 Å². The summed E-state index contributed by atoms with van der Waals surface area (Å²) in [6.07, 6.45) is 3.63. The molecule has 0 atom stereocenters. The molecule has 1 aliphatic heterocycles. The number of hydrogen-bond donors (Lipinski definition) is 3. The fourth-order valence-corrected chi connectivity index (χ4v) is 5.25. The highest BCUT2D eigenvalue weighted by Gasteiger charge is 2.22. The van der Waals surface area contributed by atoms with Gasteiger partial charge in [0.1, 0.15) is 11.6 Å². The number of pyridine rings is 2. The summed E-state index contributed by atoms with van der Waals surface area (Å²) in [6.45, 7) is 4.58. The van der Waals surface area contributed by atoms with Gasteiger partial charge in [-0.3, -0.25) is 9.89 Å². The number of aromatic hydroxyl groups is 1. The molecule has 4 heterocycles. The molecule has 172 valence electrons. The van der Waals surface area contributed by atoms with Crippen molar-refractivity contribution in [3.05, 3.63) is 52.8 Å². The second-order valence-electron chi connectivity index (χ2n) is 8.89. The Morgan fingerprint density at radius 1 is 1.03 bits per heavy atom. The lowest BCUT2D eigenvalue weighted by Gasteiger charge is -2.29. The summed E-state index contributed by atoms with van der Waals surface area (Å²) >= 11 is 0. The zero-order chi connectivity index (χ0) is 23.4. The Bertz CT molecular complexity index is 1610. The van der Waals surface area contributed by atoms with E-state index in [-0.39, 0.29) is 11.3 Å². The number of anilines is 2. The lowest BCUT2D eigenvalue weighted by molar-refractivity contribution is 0.475. The third-order valence-electron chi connectivity index (χ3n) is 6.91. The molecule has 1 aliphatic rings. The summed E-state index contributed by atoms with van der Waals surface area (Å²) in [5.74, 6) is 0.541. The number of fused-ring (bicyclic) bond motifs is 5. The average Bonchev–Trinajstić information content (AvgIpc) is 3.24. The number of hydrogen-bond acceptors (Lipinski definition) is 6. The third kappa shape index (κ3) is 3.02. The summed E-state index contributed by atoms with van der Waals surface area (Å²) in [7, 11) is 0. The van der Waals surface area contributed by atoms with E-state index in [4.69, 9.17) is 10.7 Å². The highest BCUT2D eigenvalue weighted by Crippen LogP contribution is 2.38. The Labute approximate surface area is 195 Å². The molecule has 0 unspecified atom stereocenters. The van der Waals surface area contributed by atoms with Gasteiger partial charge < -0.3 is 20.3 Å². The Morgan fingerprint density at radius 2 is 1.79 bits per heavy atom. The molecule has 8 nitrogen and oxygen atoms in total. The van der Waals surface area contributed by atoms with E-state index in [1.807, 2.05) is 11.5 Å². The molecule has 2 aromatic carbocycles. The lowest BCUT2D eigenvalue weighted by Crippen LogP contribution is -2.29. The first-order valence-corrected chi connectivity index (χ1v) is 11.7. The van der Waals surface area contributed by atoms with Crippen molar-refractivity contribution in [1.82, 2.24) is 19.7 Å². The number of H-pyrrole nitrogens is 1. The fourth-order valence-electron chi connectivity index (χ4n) is 5.25. The summed E-state index contributed by atoms with van der Waals surface area (Å²) in [4.78, 5) is 21.1. The topological polar surface area (TPSA) is 113 Å². The van der Waals surface area contributed by atoms with Gasteiger partial charge in [-0.25, -0.2) is 4.98 Å². The number of benzene rings is 2. The van der Waals surface area contributed by atoms with Gasteiger partial charge in [0.25, 0.3) is 5.56 Å². The first-order valence-electron chi connectivity index (χ1n) is 11.7.